The quantitative estimate of drug-likeness (QED) is 0.737. The van der Waals surface area contributed by atoms with Crippen LogP contribution in [0.5, 0.6) is 0 Å². The number of hydrogen-bond donors (Lipinski definition) is 1. The number of amides is 2. The van der Waals surface area contributed by atoms with Gasteiger partial charge in [-0.05, 0) is 55.2 Å². The van der Waals surface area contributed by atoms with Crippen molar-refractivity contribution < 1.29 is 18.0 Å². The average molecular weight is 443 g/mol. The van der Waals surface area contributed by atoms with Crippen LogP contribution >= 0.6 is 0 Å². The Morgan fingerprint density at radius 1 is 1.13 bits per heavy atom. The largest absolute Gasteiger partial charge is 0.352 e. The van der Waals surface area contributed by atoms with Gasteiger partial charge in [0.2, 0.25) is 21.8 Å². The highest BCUT2D eigenvalue weighted by atomic mass is 32.2. The molecule has 2 aliphatic rings. The Balaban J connectivity index is 1.40. The van der Waals surface area contributed by atoms with Gasteiger partial charge in [-0.3, -0.25) is 14.6 Å². The Morgan fingerprint density at radius 2 is 1.94 bits per heavy atom. The number of rotatable bonds is 6. The summed E-state index contributed by atoms with van der Waals surface area (Å²) in [6, 6.07) is 10.1. The van der Waals surface area contributed by atoms with E-state index in [9.17, 15) is 18.0 Å². The number of piperidine rings is 1. The molecule has 4 rings (SSSR count). The lowest BCUT2D eigenvalue weighted by molar-refractivity contribution is -0.126. The monoisotopic (exact) mass is 442 g/mol. The van der Waals surface area contributed by atoms with Crippen LogP contribution in [-0.4, -0.2) is 49.2 Å². The van der Waals surface area contributed by atoms with Gasteiger partial charge in [0.05, 0.1) is 10.8 Å². The lowest BCUT2D eigenvalue weighted by atomic mass is 9.99. The molecular formula is C22H26N4O4S. The van der Waals surface area contributed by atoms with Gasteiger partial charge in [-0.2, -0.15) is 4.31 Å². The first-order valence-electron chi connectivity index (χ1n) is 10.5. The van der Waals surface area contributed by atoms with Crippen LogP contribution in [0.2, 0.25) is 0 Å². The van der Waals surface area contributed by atoms with Gasteiger partial charge < -0.3 is 10.2 Å². The number of nitrogens with zero attached hydrogens (tertiary/aromatic N) is 3. The summed E-state index contributed by atoms with van der Waals surface area (Å²) < 4.78 is 27.7. The number of carbonyl (C=O) groups excluding carboxylic acids is 2. The smallest absolute Gasteiger partial charge is 0.243 e. The van der Waals surface area contributed by atoms with E-state index in [0.717, 1.165) is 12.0 Å². The number of carbonyl (C=O) groups is 2. The molecule has 2 amide bonds. The van der Waals surface area contributed by atoms with Gasteiger partial charge >= 0.3 is 0 Å². The van der Waals surface area contributed by atoms with E-state index in [0.29, 0.717) is 44.6 Å². The Labute approximate surface area is 182 Å². The summed E-state index contributed by atoms with van der Waals surface area (Å²) in [5.41, 5.74) is 1.61. The summed E-state index contributed by atoms with van der Waals surface area (Å²) in [6.07, 6.45) is 5.99. The molecule has 1 N–H and O–H groups in total. The van der Waals surface area contributed by atoms with E-state index in [4.69, 9.17) is 0 Å². The maximum absolute atomic E-state index is 13.1. The lowest BCUT2D eigenvalue weighted by Gasteiger charge is -2.31. The van der Waals surface area contributed by atoms with Crippen molar-refractivity contribution in [1.82, 2.24) is 14.6 Å². The number of benzene rings is 1. The van der Waals surface area contributed by atoms with Crippen LogP contribution in [0.4, 0.5) is 5.69 Å². The first-order chi connectivity index (χ1) is 14.9. The van der Waals surface area contributed by atoms with E-state index in [-0.39, 0.29) is 29.2 Å². The Morgan fingerprint density at radius 3 is 2.61 bits per heavy atom. The number of hydrogen-bond acceptors (Lipinski definition) is 5. The van der Waals surface area contributed by atoms with Crippen LogP contribution in [0, 0.1) is 5.92 Å². The molecule has 1 aromatic heterocycles. The maximum atomic E-state index is 13.1. The van der Waals surface area contributed by atoms with Gasteiger partial charge in [-0.25, -0.2) is 8.42 Å². The topological polar surface area (TPSA) is 99.7 Å². The van der Waals surface area contributed by atoms with Crippen LogP contribution < -0.4 is 10.2 Å². The number of anilines is 1. The fourth-order valence-electron chi connectivity index (χ4n) is 4.08. The minimum atomic E-state index is -3.71. The highest BCUT2D eigenvalue weighted by molar-refractivity contribution is 7.89. The van der Waals surface area contributed by atoms with Crippen LogP contribution in [0.25, 0.3) is 0 Å². The Kier molecular flexibility index (Phi) is 6.33. The highest BCUT2D eigenvalue weighted by Crippen LogP contribution is 2.27. The molecule has 8 nitrogen and oxygen atoms in total. The Hall–Kier alpha value is -2.78. The first-order valence-corrected chi connectivity index (χ1v) is 12.0. The molecule has 9 heteroatoms. The predicted molar refractivity (Wildman–Crippen MR) is 116 cm³/mol. The van der Waals surface area contributed by atoms with Crippen LogP contribution in [-0.2, 0) is 26.2 Å². The van der Waals surface area contributed by atoms with E-state index in [1.54, 1.807) is 47.6 Å². The van der Waals surface area contributed by atoms with E-state index in [1.165, 1.54) is 4.31 Å². The molecule has 0 saturated carbocycles. The minimum absolute atomic E-state index is 0.0618. The number of pyridine rings is 1. The molecule has 2 aromatic rings. The van der Waals surface area contributed by atoms with Gasteiger partial charge in [0.1, 0.15) is 0 Å². The number of aromatic nitrogens is 1. The normalized spacial score (nSPS) is 20.1. The fraction of sp³-hybridized carbons (Fsp3) is 0.409. The van der Waals surface area contributed by atoms with Crippen LogP contribution in [0.15, 0.2) is 53.7 Å². The molecule has 0 aliphatic carbocycles. The molecule has 2 aliphatic heterocycles. The number of sulfonamides is 1. The van der Waals surface area contributed by atoms with Crippen molar-refractivity contribution in [3.8, 4) is 0 Å². The molecule has 0 spiro atoms. The van der Waals surface area contributed by atoms with E-state index >= 15 is 0 Å². The molecule has 164 valence electrons. The molecule has 1 unspecified atom stereocenters. The summed E-state index contributed by atoms with van der Waals surface area (Å²) in [5.74, 6) is -0.472. The Bertz CT molecular complexity index is 1040. The summed E-state index contributed by atoms with van der Waals surface area (Å²) >= 11 is 0. The van der Waals surface area contributed by atoms with Crippen molar-refractivity contribution in [2.75, 3.05) is 24.5 Å². The zero-order valence-corrected chi connectivity index (χ0v) is 18.1. The molecule has 1 atom stereocenters. The van der Waals surface area contributed by atoms with Crippen molar-refractivity contribution in [2.45, 2.75) is 37.1 Å². The molecule has 2 fully saturated rings. The second-order valence-electron chi connectivity index (χ2n) is 7.92. The third-order valence-electron chi connectivity index (χ3n) is 5.80. The van der Waals surface area contributed by atoms with Crippen molar-refractivity contribution in [1.29, 1.82) is 0 Å². The van der Waals surface area contributed by atoms with Gasteiger partial charge in [-0.15, -0.1) is 0 Å². The maximum Gasteiger partial charge on any atom is 0.243 e. The lowest BCUT2D eigenvalue weighted by Crippen LogP contribution is -2.45. The van der Waals surface area contributed by atoms with Crippen molar-refractivity contribution >= 4 is 27.5 Å². The molecule has 0 radical (unpaired) electrons. The average Bonchev–Trinajstić information content (AvgIpc) is 3.24. The molecule has 2 saturated heterocycles. The zero-order valence-electron chi connectivity index (χ0n) is 17.2. The highest BCUT2D eigenvalue weighted by Gasteiger charge is 2.33. The summed E-state index contributed by atoms with van der Waals surface area (Å²) in [6.45, 7) is 1.58. The summed E-state index contributed by atoms with van der Waals surface area (Å²) in [5, 5.41) is 2.89. The number of nitrogens with one attached hydrogen (secondary N) is 1. The van der Waals surface area contributed by atoms with Crippen LogP contribution in [0.3, 0.4) is 0 Å². The first kappa shape index (κ1) is 21.5. The third-order valence-corrected chi connectivity index (χ3v) is 7.68. The van der Waals surface area contributed by atoms with Crippen molar-refractivity contribution in [3.63, 3.8) is 0 Å². The molecule has 1 aromatic carbocycles. The van der Waals surface area contributed by atoms with E-state index in [2.05, 4.69) is 10.3 Å². The van der Waals surface area contributed by atoms with Gasteiger partial charge in [-0.1, -0.05) is 6.07 Å². The fourth-order valence-corrected chi connectivity index (χ4v) is 5.60. The molecule has 3 heterocycles. The van der Waals surface area contributed by atoms with Gasteiger partial charge in [0.25, 0.3) is 0 Å². The molecule has 31 heavy (non-hydrogen) atoms. The molecule has 0 bridgehead atoms. The van der Waals surface area contributed by atoms with E-state index < -0.39 is 10.0 Å². The van der Waals surface area contributed by atoms with Crippen molar-refractivity contribution in [2.24, 2.45) is 5.92 Å². The predicted octanol–water partition coefficient (Wildman–Crippen LogP) is 1.93. The molecular weight excluding hydrogens is 416 g/mol. The van der Waals surface area contributed by atoms with Crippen molar-refractivity contribution in [3.05, 3.63) is 54.4 Å². The third kappa shape index (κ3) is 4.77. The summed E-state index contributed by atoms with van der Waals surface area (Å²) in [7, 11) is -3.71. The minimum Gasteiger partial charge on any atom is -0.352 e. The standard InChI is InChI=1S/C22H26N4O4S/c27-21-6-3-13-26(21)19-7-9-20(10-8-19)31(29,30)25-12-2-5-18(16-25)22(28)24-15-17-4-1-11-23-14-17/h1,4,7-11,14,18H,2-3,5-6,12-13,15-16H2,(H,24,28). The van der Waals surface area contributed by atoms with Crippen LogP contribution in [0.1, 0.15) is 31.2 Å². The van der Waals surface area contributed by atoms with Gasteiger partial charge in [0.15, 0.2) is 0 Å². The zero-order chi connectivity index (χ0) is 21.8. The second-order valence-corrected chi connectivity index (χ2v) is 9.86. The van der Waals surface area contributed by atoms with E-state index in [1.807, 2.05) is 6.07 Å². The SMILES string of the molecule is O=C(NCc1cccnc1)C1CCCN(S(=O)(=O)c2ccc(N3CCCC3=O)cc2)C1. The van der Waals surface area contributed by atoms with Gasteiger partial charge in [0, 0.05) is 50.7 Å². The summed E-state index contributed by atoms with van der Waals surface area (Å²) in [4.78, 5) is 30.4. The second kappa shape index (κ2) is 9.15.